The van der Waals surface area contributed by atoms with Crippen LogP contribution in [0.2, 0.25) is 0 Å². The number of fused-ring (bicyclic) bond motifs is 1. The summed E-state index contributed by atoms with van der Waals surface area (Å²) in [5.74, 6) is 2.13. The summed E-state index contributed by atoms with van der Waals surface area (Å²) in [6.07, 6.45) is 2.47. The third-order valence-electron chi connectivity index (χ3n) is 4.78. The highest BCUT2D eigenvalue weighted by molar-refractivity contribution is 5.45. The molecule has 1 aliphatic carbocycles. The molecule has 4 nitrogen and oxygen atoms in total. The lowest BCUT2D eigenvalue weighted by Crippen LogP contribution is -2.30. The van der Waals surface area contributed by atoms with Gasteiger partial charge in [0.05, 0.1) is 12.7 Å². The molecule has 1 aromatic rings. The monoisotopic (exact) mass is 271 g/mol. The first-order valence-corrected chi connectivity index (χ1v) is 7.26. The number of likely N-dealkylation sites (tertiary alicyclic amines) is 1. The zero-order chi connectivity index (χ0) is 14.1. The summed E-state index contributed by atoms with van der Waals surface area (Å²) in [6, 6.07) is 8.39. The standard InChI is InChI=1S/C16H21N3O/c1-20-16-6-11(2-3-12(16)7-17)8-19-9-13-4-5-15(18)14(13)10-19/h2-3,6,13-15H,4-5,8-10,18H2,1H3. The van der Waals surface area contributed by atoms with Crippen LogP contribution in [0, 0.1) is 23.2 Å². The Bertz CT molecular complexity index is 537. The van der Waals surface area contributed by atoms with Crippen LogP contribution in [0.5, 0.6) is 5.75 Å². The molecular weight excluding hydrogens is 250 g/mol. The van der Waals surface area contributed by atoms with Crippen molar-refractivity contribution in [1.29, 1.82) is 5.26 Å². The topological polar surface area (TPSA) is 62.3 Å². The Kier molecular flexibility index (Phi) is 3.64. The minimum absolute atomic E-state index is 0.389. The van der Waals surface area contributed by atoms with E-state index in [1.54, 1.807) is 7.11 Å². The van der Waals surface area contributed by atoms with Crippen LogP contribution in [0.3, 0.4) is 0 Å². The lowest BCUT2D eigenvalue weighted by atomic mass is 9.98. The van der Waals surface area contributed by atoms with Gasteiger partial charge in [0.1, 0.15) is 11.8 Å². The first kappa shape index (κ1) is 13.4. The van der Waals surface area contributed by atoms with Gasteiger partial charge >= 0.3 is 0 Å². The molecule has 1 heterocycles. The summed E-state index contributed by atoms with van der Waals surface area (Å²) >= 11 is 0. The Hall–Kier alpha value is -1.57. The Balaban J connectivity index is 1.69. The second-order valence-corrected chi connectivity index (χ2v) is 6.01. The molecule has 2 aliphatic rings. The second kappa shape index (κ2) is 5.43. The molecule has 0 bridgehead atoms. The van der Waals surface area contributed by atoms with Crippen LogP contribution in [0.25, 0.3) is 0 Å². The fourth-order valence-electron chi connectivity index (χ4n) is 3.71. The molecule has 3 rings (SSSR count). The maximum atomic E-state index is 9.01. The van der Waals surface area contributed by atoms with Crippen LogP contribution >= 0.6 is 0 Å². The van der Waals surface area contributed by atoms with Gasteiger partial charge in [-0.15, -0.1) is 0 Å². The van der Waals surface area contributed by atoms with Gasteiger partial charge < -0.3 is 10.5 Å². The second-order valence-electron chi connectivity index (χ2n) is 6.01. The van der Waals surface area contributed by atoms with E-state index < -0.39 is 0 Å². The van der Waals surface area contributed by atoms with E-state index in [4.69, 9.17) is 15.7 Å². The first-order valence-electron chi connectivity index (χ1n) is 7.26. The Morgan fingerprint density at radius 3 is 2.95 bits per heavy atom. The van der Waals surface area contributed by atoms with E-state index >= 15 is 0 Å². The normalized spacial score (nSPS) is 29.1. The molecule has 0 amide bonds. The number of nitrogens with two attached hydrogens (primary N) is 1. The quantitative estimate of drug-likeness (QED) is 0.909. The fraction of sp³-hybridized carbons (Fsp3) is 0.562. The molecular formula is C16H21N3O. The van der Waals surface area contributed by atoms with Crippen molar-refractivity contribution in [3.63, 3.8) is 0 Å². The minimum atomic E-state index is 0.389. The van der Waals surface area contributed by atoms with Crippen LogP contribution in [0.4, 0.5) is 0 Å². The number of ether oxygens (including phenoxy) is 1. The minimum Gasteiger partial charge on any atom is -0.495 e. The average molecular weight is 271 g/mol. The van der Waals surface area contributed by atoms with Crippen molar-refractivity contribution in [2.45, 2.75) is 25.4 Å². The Labute approximate surface area is 120 Å². The Morgan fingerprint density at radius 2 is 2.25 bits per heavy atom. The van der Waals surface area contributed by atoms with Crippen molar-refractivity contribution in [2.75, 3.05) is 20.2 Å². The van der Waals surface area contributed by atoms with Gasteiger partial charge in [-0.25, -0.2) is 0 Å². The fourth-order valence-corrected chi connectivity index (χ4v) is 3.71. The van der Waals surface area contributed by atoms with Gasteiger partial charge in [-0.3, -0.25) is 4.90 Å². The summed E-state index contributed by atoms with van der Waals surface area (Å²) in [4.78, 5) is 2.48. The predicted octanol–water partition coefficient (Wildman–Crippen LogP) is 1.74. The van der Waals surface area contributed by atoms with Crippen LogP contribution in [0.1, 0.15) is 24.0 Å². The number of nitrogens with zero attached hydrogens (tertiary/aromatic N) is 2. The molecule has 0 radical (unpaired) electrons. The number of benzene rings is 1. The van der Waals surface area contributed by atoms with Gasteiger partial charge in [0, 0.05) is 25.7 Å². The first-order chi connectivity index (χ1) is 9.71. The van der Waals surface area contributed by atoms with Crippen molar-refractivity contribution in [3.8, 4) is 11.8 Å². The Morgan fingerprint density at radius 1 is 1.40 bits per heavy atom. The van der Waals surface area contributed by atoms with Crippen molar-refractivity contribution in [1.82, 2.24) is 4.90 Å². The third-order valence-corrected chi connectivity index (χ3v) is 4.78. The molecule has 2 N–H and O–H groups in total. The smallest absolute Gasteiger partial charge is 0.136 e. The maximum absolute atomic E-state index is 9.01. The van der Waals surface area contributed by atoms with E-state index in [1.807, 2.05) is 18.2 Å². The van der Waals surface area contributed by atoms with Crippen LogP contribution in [0.15, 0.2) is 18.2 Å². The van der Waals surface area contributed by atoms with Gasteiger partial charge in [0.25, 0.3) is 0 Å². The predicted molar refractivity (Wildman–Crippen MR) is 77.2 cm³/mol. The summed E-state index contributed by atoms with van der Waals surface area (Å²) < 4.78 is 5.27. The molecule has 4 heteroatoms. The molecule has 106 valence electrons. The van der Waals surface area contributed by atoms with Crippen molar-refractivity contribution >= 4 is 0 Å². The SMILES string of the molecule is COc1cc(CN2CC3CCC(N)C3C2)ccc1C#N. The molecule has 3 unspecified atom stereocenters. The highest BCUT2D eigenvalue weighted by atomic mass is 16.5. The van der Waals surface area contributed by atoms with E-state index in [9.17, 15) is 0 Å². The summed E-state index contributed by atoms with van der Waals surface area (Å²) in [5, 5.41) is 9.01. The van der Waals surface area contributed by atoms with E-state index in [-0.39, 0.29) is 0 Å². The van der Waals surface area contributed by atoms with Gasteiger partial charge in [0.2, 0.25) is 0 Å². The van der Waals surface area contributed by atoms with Gasteiger partial charge in [-0.1, -0.05) is 6.07 Å². The molecule has 0 aromatic heterocycles. The molecule has 3 atom stereocenters. The van der Waals surface area contributed by atoms with Crippen molar-refractivity contribution in [3.05, 3.63) is 29.3 Å². The van der Waals surface area contributed by atoms with Crippen LogP contribution in [-0.2, 0) is 6.54 Å². The molecule has 1 aromatic carbocycles. The van der Waals surface area contributed by atoms with Crippen LogP contribution < -0.4 is 10.5 Å². The van der Waals surface area contributed by atoms with Crippen molar-refractivity contribution in [2.24, 2.45) is 17.6 Å². The van der Waals surface area contributed by atoms with Crippen molar-refractivity contribution < 1.29 is 4.74 Å². The highest BCUT2D eigenvalue weighted by Gasteiger charge is 2.40. The summed E-state index contributed by atoms with van der Waals surface area (Å²) in [5.41, 5.74) is 7.97. The lowest BCUT2D eigenvalue weighted by Gasteiger charge is -2.18. The highest BCUT2D eigenvalue weighted by Crippen LogP contribution is 2.37. The van der Waals surface area contributed by atoms with Gasteiger partial charge in [-0.2, -0.15) is 5.26 Å². The number of rotatable bonds is 3. The number of hydrogen-bond acceptors (Lipinski definition) is 4. The number of methoxy groups -OCH3 is 1. The van der Waals surface area contributed by atoms with E-state index in [1.165, 1.54) is 18.4 Å². The third kappa shape index (κ3) is 2.39. The number of hydrogen-bond donors (Lipinski definition) is 1. The maximum Gasteiger partial charge on any atom is 0.136 e. The largest absolute Gasteiger partial charge is 0.495 e. The van der Waals surface area contributed by atoms with Gasteiger partial charge in [0.15, 0.2) is 0 Å². The van der Waals surface area contributed by atoms with Gasteiger partial charge in [-0.05, 0) is 42.4 Å². The van der Waals surface area contributed by atoms with Crippen LogP contribution in [-0.4, -0.2) is 31.1 Å². The zero-order valence-electron chi connectivity index (χ0n) is 11.9. The molecule has 0 spiro atoms. The van der Waals surface area contributed by atoms with E-state index in [0.717, 1.165) is 25.6 Å². The molecule has 1 aliphatic heterocycles. The average Bonchev–Trinajstić information content (AvgIpc) is 3.01. The van der Waals surface area contributed by atoms with E-state index in [0.29, 0.717) is 23.3 Å². The molecule has 1 saturated carbocycles. The molecule has 20 heavy (non-hydrogen) atoms. The zero-order valence-corrected chi connectivity index (χ0v) is 11.9. The van der Waals surface area contributed by atoms with E-state index in [2.05, 4.69) is 11.0 Å². The lowest BCUT2D eigenvalue weighted by molar-refractivity contribution is 0.297. The molecule has 1 saturated heterocycles. The molecule has 2 fully saturated rings. The summed E-state index contributed by atoms with van der Waals surface area (Å²) in [7, 11) is 1.61. The number of nitriles is 1. The summed E-state index contributed by atoms with van der Waals surface area (Å²) in [6.45, 7) is 3.18.